The number of piperidine rings is 1. The average Bonchev–Trinajstić information content (AvgIpc) is 3.22. The maximum absolute atomic E-state index is 12.6. The standard InChI is InChI=1S/C20H21N5O2/c26-20(16-7-10-21-11-8-16)25-12-2-3-15(14-25)5-6-18-23-19(27-24-18)17-4-1-9-22-13-17/h1,4,7-11,13,15H,2-3,5-6,12,14H2. The first-order chi connectivity index (χ1) is 13.3. The molecule has 0 aromatic carbocycles. The Kier molecular flexibility index (Phi) is 5.18. The molecule has 1 atom stereocenters. The third-order valence-corrected chi connectivity index (χ3v) is 4.89. The maximum Gasteiger partial charge on any atom is 0.259 e. The molecule has 1 amide bonds. The molecule has 7 heteroatoms. The fourth-order valence-electron chi connectivity index (χ4n) is 3.46. The van der Waals surface area contributed by atoms with E-state index in [0.29, 0.717) is 23.2 Å². The molecule has 1 aliphatic rings. The van der Waals surface area contributed by atoms with E-state index < -0.39 is 0 Å². The van der Waals surface area contributed by atoms with E-state index in [1.807, 2.05) is 17.0 Å². The van der Waals surface area contributed by atoms with Gasteiger partial charge >= 0.3 is 0 Å². The van der Waals surface area contributed by atoms with E-state index in [4.69, 9.17) is 4.52 Å². The quantitative estimate of drug-likeness (QED) is 0.693. The van der Waals surface area contributed by atoms with Crippen molar-refractivity contribution in [2.45, 2.75) is 25.7 Å². The van der Waals surface area contributed by atoms with Crippen LogP contribution in [0.15, 0.2) is 53.6 Å². The van der Waals surface area contributed by atoms with Crippen molar-refractivity contribution in [1.82, 2.24) is 25.0 Å². The van der Waals surface area contributed by atoms with E-state index in [1.165, 1.54) is 0 Å². The van der Waals surface area contributed by atoms with Crippen LogP contribution >= 0.6 is 0 Å². The van der Waals surface area contributed by atoms with Crippen molar-refractivity contribution in [1.29, 1.82) is 0 Å². The molecule has 4 rings (SSSR count). The van der Waals surface area contributed by atoms with Crippen molar-refractivity contribution in [2.75, 3.05) is 13.1 Å². The van der Waals surface area contributed by atoms with Crippen LogP contribution in [0.25, 0.3) is 11.5 Å². The summed E-state index contributed by atoms with van der Waals surface area (Å²) in [5, 5.41) is 4.08. The van der Waals surface area contributed by atoms with Crippen LogP contribution in [0.4, 0.5) is 0 Å². The van der Waals surface area contributed by atoms with Gasteiger partial charge in [0, 0.05) is 49.9 Å². The summed E-state index contributed by atoms with van der Waals surface area (Å²) in [7, 11) is 0. The summed E-state index contributed by atoms with van der Waals surface area (Å²) in [5.41, 5.74) is 1.52. The lowest BCUT2D eigenvalue weighted by molar-refractivity contribution is 0.0668. The molecule has 1 unspecified atom stereocenters. The van der Waals surface area contributed by atoms with Gasteiger partial charge in [0.2, 0.25) is 0 Å². The fraction of sp³-hybridized carbons (Fsp3) is 0.350. The SMILES string of the molecule is O=C(c1ccncc1)N1CCCC(CCc2noc(-c3cccnc3)n2)C1. The van der Waals surface area contributed by atoms with E-state index in [2.05, 4.69) is 20.1 Å². The second-order valence-corrected chi connectivity index (χ2v) is 6.79. The van der Waals surface area contributed by atoms with Gasteiger partial charge in [0.15, 0.2) is 5.82 Å². The van der Waals surface area contributed by atoms with Crippen LogP contribution in [0, 0.1) is 5.92 Å². The average molecular weight is 363 g/mol. The third-order valence-electron chi connectivity index (χ3n) is 4.89. The molecular formula is C20H21N5O2. The van der Waals surface area contributed by atoms with E-state index in [-0.39, 0.29) is 5.91 Å². The van der Waals surface area contributed by atoms with Crippen molar-refractivity contribution in [3.8, 4) is 11.5 Å². The number of likely N-dealkylation sites (tertiary alicyclic amines) is 1. The Morgan fingerprint density at radius 2 is 2.07 bits per heavy atom. The topological polar surface area (TPSA) is 85.0 Å². The third kappa shape index (κ3) is 4.19. The predicted octanol–water partition coefficient (Wildman–Crippen LogP) is 3.01. The first-order valence-electron chi connectivity index (χ1n) is 9.22. The van der Waals surface area contributed by atoms with Gasteiger partial charge in [0.25, 0.3) is 11.8 Å². The maximum atomic E-state index is 12.6. The molecule has 1 aliphatic heterocycles. The molecule has 27 heavy (non-hydrogen) atoms. The molecule has 0 N–H and O–H groups in total. The molecule has 0 radical (unpaired) electrons. The van der Waals surface area contributed by atoms with Crippen molar-refractivity contribution in [3.63, 3.8) is 0 Å². The second kappa shape index (κ2) is 8.07. The normalized spacial score (nSPS) is 17.0. The van der Waals surface area contributed by atoms with Gasteiger partial charge in [-0.2, -0.15) is 4.98 Å². The largest absolute Gasteiger partial charge is 0.338 e. The lowest BCUT2D eigenvalue weighted by Gasteiger charge is -2.32. The number of aromatic nitrogens is 4. The van der Waals surface area contributed by atoms with Gasteiger partial charge in [-0.15, -0.1) is 0 Å². The smallest absolute Gasteiger partial charge is 0.259 e. The number of carbonyl (C=O) groups excluding carboxylic acids is 1. The monoisotopic (exact) mass is 363 g/mol. The number of carbonyl (C=O) groups is 1. The molecule has 138 valence electrons. The van der Waals surface area contributed by atoms with Crippen LogP contribution in [-0.2, 0) is 6.42 Å². The van der Waals surface area contributed by atoms with Crippen LogP contribution in [0.5, 0.6) is 0 Å². The molecule has 0 spiro atoms. The Bertz CT molecular complexity index is 882. The molecule has 3 aromatic rings. The summed E-state index contributed by atoms with van der Waals surface area (Å²) in [6.45, 7) is 1.58. The van der Waals surface area contributed by atoms with Crippen molar-refractivity contribution < 1.29 is 9.32 Å². The Balaban J connectivity index is 1.34. The highest BCUT2D eigenvalue weighted by molar-refractivity contribution is 5.94. The lowest BCUT2D eigenvalue weighted by Crippen LogP contribution is -2.40. The highest BCUT2D eigenvalue weighted by Gasteiger charge is 2.24. The van der Waals surface area contributed by atoms with Crippen molar-refractivity contribution in [2.24, 2.45) is 5.92 Å². The number of aryl methyl sites for hydroxylation is 1. The molecule has 7 nitrogen and oxygen atoms in total. The van der Waals surface area contributed by atoms with Gasteiger partial charge in [-0.1, -0.05) is 5.16 Å². The summed E-state index contributed by atoms with van der Waals surface area (Å²) in [6.07, 6.45) is 10.6. The summed E-state index contributed by atoms with van der Waals surface area (Å²) >= 11 is 0. The van der Waals surface area contributed by atoms with Crippen LogP contribution < -0.4 is 0 Å². The molecule has 3 aromatic heterocycles. The Morgan fingerprint density at radius 3 is 2.89 bits per heavy atom. The molecule has 0 bridgehead atoms. The molecule has 4 heterocycles. The molecular weight excluding hydrogens is 342 g/mol. The highest BCUT2D eigenvalue weighted by Crippen LogP contribution is 2.23. The summed E-state index contributed by atoms with van der Waals surface area (Å²) in [4.78, 5) is 27.1. The van der Waals surface area contributed by atoms with Gasteiger partial charge in [0.1, 0.15) is 0 Å². The zero-order valence-electron chi connectivity index (χ0n) is 15.0. The number of nitrogens with zero attached hydrogens (tertiary/aromatic N) is 5. The van der Waals surface area contributed by atoms with E-state index in [9.17, 15) is 4.79 Å². The number of pyridine rings is 2. The molecule has 1 saturated heterocycles. The zero-order chi connectivity index (χ0) is 18.5. The first-order valence-corrected chi connectivity index (χ1v) is 9.22. The minimum absolute atomic E-state index is 0.0838. The lowest BCUT2D eigenvalue weighted by atomic mass is 9.93. The number of hydrogen-bond acceptors (Lipinski definition) is 6. The molecule has 1 fully saturated rings. The predicted molar refractivity (Wildman–Crippen MR) is 98.7 cm³/mol. The summed E-state index contributed by atoms with van der Waals surface area (Å²) in [5.74, 6) is 1.73. The molecule has 0 aliphatic carbocycles. The van der Waals surface area contributed by atoms with Gasteiger partial charge < -0.3 is 9.42 Å². The minimum Gasteiger partial charge on any atom is -0.338 e. The van der Waals surface area contributed by atoms with Crippen LogP contribution in [0.3, 0.4) is 0 Å². The first kappa shape index (κ1) is 17.3. The van der Waals surface area contributed by atoms with Crippen LogP contribution in [-0.4, -0.2) is 44.0 Å². The van der Waals surface area contributed by atoms with Gasteiger partial charge in [-0.25, -0.2) is 0 Å². The Hall–Kier alpha value is -3.09. The van der Waals surface area contributed by atoms with Gasteiger partial charge in [0.05, 0.1) is 5.56 Å². The van der Waals surface area contributed by atoms with Crippen molar-refractivity contribution in [3.05, 3.63) is 60.4 Å². The summed E-state index contributed by atoms with van der Waals surface area (Å²) in [6, 6.07) is 7.28. The molecule has 0 saturated carbocycles. The zero-order valence-corrected chi connectivity index (χ0v) is 15.0. The van der Waals surface area contributed by atoms with E-state index >= 15 is 0 Å². The number of rotatable bonds is 5. The second-order valence-electron chi connectivity index (χ2n) is 6.79. The van der Waals surface area contributed by atoms with E-state index in [0.717, 1.165) is 44.3 Å². The van der Waals surface area contributed by atoms with Crippen LogP contribution in [0.1, 0.15) is 35.4 Å². The number of amides is 1. The van der Waals surface area contributed by atoms with E-state index in [1.54, 1.807) is 36.9 Å². The Morgan fingerprint density at radius 1 is 1.19 bits per heavy atom. The van der Waals surface area contributed by atoms with Gasteiger partial charge in [-0.05, 0) is 49.4 Å². The minimum atomic E-state index is 0.0838. The fourth-order valence-corrected chi connectivity index (χ4v) is 3.46. The number of hydrogen-bond donors (Lipinski definition) is 0. The highest BCUT2D eigenvalue weighted by atomic mass is 16.5. The van der Waals surface area contributed by atoms with Gasteiger partial charge in [-0.3, -0.25) is 14.8 Å². The Labute approximate surface area is 157 Å². The summed E-state index contributed by atoms with van der Waals surface area (Å²) < 4.78 is 5.34. The van der Waals surface area contributed by atoms with Crippen LogP contribution in [0.2, 0.25) is 0 Å². The van der Waals surface area contributed by atoms with Crippen molar-refractivity contribution >= 4 is 5.91 Å².